The summed E-state index contributed by atoms with van der Waals surface area (Å²) in [6.45, 7) is 4.66. The van der Waals surface area contributed by atoms with Gasteiger partial charge in [-0.3, -0.25) is 0 Å². The van der Waals surface area contributed by atoms with Crippen LogP contribution in [0.4, 0.5) is 17.1 Å². The summed E-state index contributed by atoms with van der Waals surface area (Å²) in [5.74, 6) is 0. The van der Waals surface area contributed by atoms with Gasteiger partial charge in [-0.05, 0) is 94.5 Å². The first-order chi connectivity index (χ1) is 27.0. The number of anilines is 3. The summed E-state index contributed by atoms with van der Waals surface area (Å²) in [5, 5.41) is 6.64. The average molecular weight is 708 g/mol. The van der Waals surface area contributed by atoms with Crippen LogP contribution >= 0.6 is 0 Å². The van der Waals surface area contributed by atoms with Crippen molar-refractivity contribution in [1.82, 2.24) is 0 Å². The standard InChI is InChI=1S/C51H33NO3/c1-51(2)39-29-31(24-25-33(39)35-26-27-36-34-14-3-6-19-42(34)55-50(36)49(35)51)30-12-9-13-32(28-30)52(40-17-10-22-45-47(40)37-15-4-7-20-43(37)53-45)41-18-11-23-46-48(41)38-16-5-8-21-44(38)54-46/h3-29H,1-2H3. The summed E-state index contributed by atoms with van der Waals surface area (Å²) >= 11 is 0. The minimum absolute atomic E-state index is 0.256. The number of fused-ring (bicyclic) bond motifs is 13. The van der Waals surface area contributed by atoms with Gasteiger partial charge in [0.15, 0.2) is 0 Å². The van der Waals surface area contributed by atoms with Crippen molar-refractivity contribution in [3.63, 3.8) is 0 Å². The van der Waals surface area contributed by atoms with Crippen molar-refractivity contribution in [3.8, 4) is 22.3 Å². The normalized spacial score (nSPS) is 13.4. The molecule has 4 heteroatoms. The van der Waals surface area contributed by atoms with E-state index in [9.17, 15) is 0 Å². The van der Waals surface area contributed by atoms with Crippen molar-refractivity contribution < 1.29 is 13.3 Å². The average Bonchev–Trinajstić information content (AvgIpc) is 3.96. The quantitative estimate of drug-likeness (QED) is 0.183. The fourth-order valence-corrected chi connectivity index (χ4v) is 9.36. The van der Waals surface area contributed by atoms with E-state index < -0.39 is 0 Å². The summed E-state index contributed by atoms with van der Waals surface area (Å²) in [6, 6.07) is 58.0. The predicted octanol–water partition coefficient (Wildman–Crippen LogP) is 14.8. The second-order valence-electron chi connectivity index (χ2n) is 15.2. The maximum atomic E-state index is 6.59. The third kappa shape index (κ3) is 4.22. The lowest BCUT2D eigenvalue weighted by atomic mass is 9.81. The molecular formula is C51H33NO3. The molecule has 4 nitrogen and oxygen atoms in total. The molecule has 0 atom stereocenters. The van der Waals surface area contributed by atoms with Gasteiger partial charge >= 0.3 is 0 Å². The van der Waals surface area contributed by atoms with Gasteiger partial charge in [-0.15, -0.1) is 0 Å². The third-order valence-electron chi connectivity index (χ3n) is 11.8. The van der Waals surface area contributed by atoms with Gasteiger partial charge in [0.25, 0.3) is 0 Å². The number of rotatable bonds is 4. The molecule has 3 heterocycles. The second-order valence-corrected chi connectivity index (χ2v) is 15.2. The molecule has 0 saturated heterocycles. The van der Waals surface area contributed by atoms with Crippen molar-refractivity contribution in [2.75, 3.05) is 4.90 Å². The van der Waals surface area contributed by atoms with E-state index in [2.05, 4.69) is 152 Å². The molecule has 260 valence electrons. The zero-order chi connectivity index (χ0) is 36.4. The van der Waals surface area contributed by atoms with Crippen molar-refractivity contribution >= 4 is 82.9 Å². The highest BCUT2D eigenvalue weighted by molar-refractivity contribution is 6.18. The van der Waals surface area contributed by atoms with E-state index >= 15 is 0 Å². The van der Waals surface area contributed by atoms with Gasteiger partial charge in [0.1, 0.15) is 33.5 Å². The molecule has 8 aromatic carbocycles. The molecule has 0 spiro atoms. The van der Waals surface area contributed by atoms with Crippen LogP contribution in [0.15, 0.2) is 177 Å². The lowest BCUT2D eigenvalue weighted by molar-refractivity contribution is 0.620. The first kappa shape index (κ1) is 30.4. The summed E-state index contributed by atoms with van der Waals surface area (Å²) in [6.07, 6.45) is 0. The van der Waals surface area contributed by atoms with Gasteiger partial charge in [-0.1, -0.05) is 111 Å². The Labute approximate surface area is 316 Å². The molecular weight excluding hydrogens is 675 g/mol. The van der Waals surface area contributed by atoms with Crippen molar-refractivity contribution in [2.24, 2.45) is 0 Å². The monoisotopic (exact) mass is 707 g/mol. The molecule has 0 aliphatic heterocycles. The molecule has 0 fully saturated rings. The van der Waals surface area contributed by atoms with E-state index in [0.717, 1.165) is 83.1 Å². The van der Waals surface area contributed by atoms with E-state index in [1.165, 1.54) is 33.2 Å². The summed E-state index contributed by atoms with van der Waals surface area (Å²) in [4.78, 5) is 2.38. The molecule has 12 rings (SSSR count). The number of hydrogen-bond donors (Lipinski definition) is 0. The maximum absolute atomic E-state index is 6.59. The number of benzene rings is 8. The van der Waals surface area contributed by atoms with Crippen LogP contribution in [0.2, 0.25) is 0 Å². The van der Waals surface area contributed by atoms with Crippen molar-refractivity contribution in [1.29, 1.82) is 0 Å². The molecule has 55 heavy (non-hydrogen) atoms. The third-order valence-corrected chi connectivity index (χ3v) is 11.8. The van der Waals surface area contributed by atoms with E-state index in [1.807, 2.05) is 30.3 Å². The van der Waals surface area contributed by atoms with E-state index in [0.29, 0.717) is 0 Å². The van der Waals surface area contributed by atoms with Gasteiger partial charge in [-0.25, -0.2) is 0 Å². The number of nitrogens with zero attached hydrogens (tertiary/aromatic N) is 1. The summed E-state index contributed by atoms with van der Waals surface area (Å²) in [7, 11) is 0. The van der Waals surface area contributed by atoms with Crippen LogP contribution < -0.4 is 4.90 Å². The van der Waals surface area contributed by atoms with Crippen LogP contribution in [0, 0.1) is 0 Å². The van der Waals surface area contributed by atoms with Crippen LogP contribution in [0.1, 0.15) is 25.0 Å². The Balaban J connectivity index is 1.06. The minimum Gasteiger partial charge on any atom is -0.456 e. The summed E-state index contributed by atoms with van der Waals surface area (Å²) in [5.41, 5.74) is 15.6. The SMILES string of the molecule is CC1(C)c2cc(-c3cccc(N(c4cccc5oc6ccccc6c45)c4cccc5oc6ccccc6c45)c3)ccc2-c2ccc3c(oc4ccccc43)c21. The van der Waals surface area contributed by atoms with E-state index in [4.69, 9.17) is 13.3 Å². The first-order valence-electron chi connectivity index (χ1n) is 18.8. The topological polar surface area (TPSA) is 42.7 Å². The molecule has 0 bridgehead atoms. The van der Waals surface area contributed by atoms with Gasteiger partial charge in [0.05, 0.1) is 22.1 Å². The maximum Gasteiger partial charge on any atom is 0.140 e. The smallest absolute Gasteiger partial charge is 0.140 e. The second kappa shape index (κ2) is 11.0. The van der Waals surface area contributed by atoms with Crippen LogP contribution in [0.25, 0.3) is 88.1 Å². The van der Waals surface area contributed by atoms with Crippen LogP contribution in [0.3, 0.4) is 0 Å². The fraction of sp³-hybridized carbons (Fsp3) is 0.0588. The number of furan rings is 3. The molecule has 0 unspecified atom stereocenters. The van der Waals surface area contributed by atoms with Crippen LogP contribution in [-0.4, -0.2) is 0 Å². The van der Waals surface area contributed by atoms with Gasteiger partial charge < -0.3 is 18.2 Å². The number of hydrogen-bond acceptors (Lipinski definition) is 4. The minimum atomic E-state index is -0.256. The van der Waals surface area contributed by atoms with Gasteiger partial charge in [0.2, 0.25) is 0 Å². The molecule has 3 aromatic heterocycles. The largest absolute Gasteiger partial charge is 0.456 e. The Bertz CT molecular complexity index is 3260. The lowest BCUT2D eigenvalue weighted by Gasteiger charge is -2.27. The summed E-state index contributed by atoms with van der Waals surface area (Å²) < 4.78 is 19.5. The predicted molar refractivity (Wildman–Crippen MR) is 226 cm³/mol. The van der Waals surface area contributed by atoms with Crippen molar-refractivity contribution in [2.45, 2.75) is 19.3 Å². The molecule has 11 aromatic rings. The molecule has 0 amide bonds. The van der Waals surface area contributed by atoms with E-state index in [-0.39, 0.29) is 5.41 Å². The highest BCUT2D eigenvalue weighted by Gasteiger charge is 2.39. The molecule has 0 radical (unpaired) electrons. The molecule has 0 saturated carbocycles. The Morgan fingerprint density at radius 1 is 0.418 bits per heavy atom. The van der Waals surface area contributed by atoms with Crippen molar-refractivity contribution in [3.05, 3.63) is 175 Å². The Hall–Kier alpha value is -7.04. The Morgan fingerprint density at radius 3 is 1.64 bits per heavy atom. The number of para-hydroxylation sites is 3. The highest BCUT2D eigenvalue weighted by Crippen LogP contribution is 2.54. The molecule has 1 aliphatic carbocycles. The molecule has 0 N–H and O–H groups in total. The van der Waals surface area contributed by atoms with Crippen LogP contribution in [0.5, 0.6) is 0 Å². The zero-order valence-corrected chi connectivity index (χ0v) is 30.3. The molecule has 1 aliphatic rings. The lowest BCUT2D eigenvalue weighted by Crippen LogP contribution is -2.15. The Kier molecular flexibility index (Phi) is 6.09. The van der Waals surface area contributed by atoms with Crippen LogP contribution in [-0.2, 0) is 5.41 Å². The van der Waals surface area contributed by atoms with Gasteiger partial charge in [-0.2, -0.15) is 0 Å². The highest BCUT2D eigenvalue weighted by atomic mass is 16.3. The first-order valence-corrected chi connectivity index (χ1v) is 18.8. The zero-order valence-electron chi connectivity index (χ0n) is 30.3. The van der Waals surface area contributed by atoms with E-state index in [1.54, 1.807) is 0 Å². The fourth-order valence-electron chi connectivity index (χ4n) is 9.36. The van der Waals surface area contributed by atoms with Gasteiger partial charge in [0, 0.05) is 38.2 Å². The Morgan fingerprint density at radius 2 is 0.964 bits per heavy atom.